The smallest absolute Gasteiger partial charge is 0.337 e. The number of hydrogen-bond donors (Lipinski definition) is 3. The number of anilines is 2. The second-order valence-corrected chi connectivity index (χ2v) is 4.60. The highest BCUT2D eigenvalue weighted by Gasteiger charge is 2.10. The fourth-order valence-corrected chi connectivity index (χ4v) is 2.14. The maximum atomic E-state index is 11.2. The predicted octanol–water partition coefficient (Wildman–Crippen LogP) is 2.63. The van der Waals surface area contributed by atoms with Crippen LogP contribution in [0.1, 0.15) is 15.9 Å². The second kappa shape index (κ2) is 6.65. The second-order valence-electron chi connectivity index (χ2n) is 4.60. The molecule has 0 spiro atoms. The fraction of sp³-hybridized carbons (Fsp3) is 0.188. The molecule has 21 heavy (non-hydrogen) atoms. The van der Waals surface area contributed by atoms with Gasteiger partial charge in [-0.05, 0) is 36.2 Å². The van der Waals surface area contributed by atoms with Gasteiger partial charge in [0.1, 0.15) is 5.75 Å². The summed E-state index contributed by atoms with van der Waals surface area (Å²) in [5, 5.41) is 12.3. The van der Waals surface area contributed by atoms with Gasteiger partial charge in [0, 0.05) is 12.2 Å². The van der Waals surface area contributed by atoms with Gasteiger partial charge in [-0.25, -0.2) is 4.79 Å². The molecule has 0 aliphatic carbocycles. The number of hydrogen-bond acceptors (Lipinski definition) is 4. The van der Waals surface area contributed by atoms with E-state index in [4.69, 9.17) is 15.6 Å². The highest BCUT2D eigenvalue weighted by molar-refractivity contribution is 5.95. The average Bonchev–Trinajstić information content (AvgIpc) is 2.47. The molecule has 0 aliphatic heterocycles. The van der Waals surface area contributed by atoms with E-state index in [9.17, 15) is 4.79 Å². The summed E-state index contributed by atoms with van der Waals surface area (Å²) >= 11 is 0. The first-order valence-electron chi connectivity index (χ1n) is 6.60. The fourth-order valence-electron chi connectivity index (χ4n) is 2.14. The van der Waals surface area contributed by atoms with Crippen LogP contribution in [0, 0.1) is 0 Å². The van der Waals surface area contributed by atoms with Gasteiger partial charge >= 0.3 is 5.97 Å². The van der Waals surface area contributed by atoms with Crippen molar-refractivity contribution >= 4 is 17.3 Å². The summed E-state index contributed by atoms with van der Waals surface area (Å²) in [4.78, 5) is 11.2. The summed E-state index contributed by atoms with van der Waals surface area (Å²) < 4.78 is 5.29. The maximum Gasteiger partial charge on any atom is 0.337 e. The molecule has 5 nitrogen and oxygen atoms in total. The Bertz CT molecular complexity index is 641. The summed E-state index contributed by atoms with van der Waals surface area (Å²) in [5.41, 5.74) is 8.03. The molecule has 0 fully saturated rings. The van der Waals surface area contributed by atoms with Gasteiger partial charge in [0.05, 0.1) is 18.4 Å². The van der Waals surface area contributed by atoms with Crippen molar-refractivity contribution < 1.29 is 14.6 Å². The average molecular weight is 286 g/mol. The molecule has 0 saturated carbocycles. The van der Waals surface area contributed by atoms with Crippen LogP contribution in [-0.4, -0.2) is 24.7 Å². The van der Waals surface area contributed by atoms with E-state index < -0.39 is 5.97 Å². The Kier molecular flexibility index (Phi) is 4.66. The highest BCUT2D eigenvalue weighted by atomic mass is 16.5. The standard InChI is InChI=1S/C16H18N2O3/c1-21-15-5-3-2-4-11(15)8-9-18-14-10-12(17)6-7-13(14)16(19)20/h2-7,10,18H,8-9,17H2,1H3,(H,19,20). The SMILES string of the molecule is COc1ccccc1CCNc1cc(N)ccc1C(=O)O. The third-order valence-corrected chi connectivity index (χ3v) is 3.18. The molecule has 2 aromatic carbocycles. The van der Waals surface area contributed by atoms with Crippen molar-refractivity contribution in [3.05, 3.63) is 53.6 Å². The van der Waals surface area contributed by atoms with Gasteiger partial charge in [0.15, 0.2) is 0 Å². The number of carbonyl (C=O) groups is 1. The monoisotopic (exact) mass is 286 g/mol. The van der Waals surface area contributed by atoms with Crippen LogP contribution < -0.4 is 15.8 Å². The van der Waals surface area contributed by atoms with Crippen LogP contribution in [0.3, 0.4) is 0 Å². The first kappa shape index (κ1) is 14.7. The van der Waals surface area contributed by atoms with E-state index in [0.717, 1.165) is 17.7 Å². The van der Waals surface area contributed by atoms with Crippen LogP contribution in [0.2, 0.25) is 0 Å². The van der Waals surface area contributed by atoms with E-state index in [1.54, 1.807) is 19.2 Å². The zero-order valence-corrected chi connectivity index (χ0v) is 11.8. The summed E-state index contributed by atoms with van der Waals surface area (Å²) in [6, 6.07) is 12.5. The summed E-state index contributed by atoms with van der Waals surface area (Å²) in [6.07, 6.45) is 0.720. The predicted molar refractivity (Wildman–Crippen MR) is 83.0 cm³/mol. The molecule has 0 aromatic heterocycles. The molecule has 0 atom stereocenters. The minimum atomic E-state index is -0.977. The lowest BCUT2D eigenvalue weighted by atomic mass is 10.1. The zero-order valence-electron chi connectivity index (χ0n) is 11.8. The molecule has 0 bridgehead atoms. The Labute approximate surface area is 123 Å². The normalized spacial score (nSPS) is 10.1. The van der Waals surface area contributed by atoms with Gasteiger partial charge in [-0.1, -0.05) is 18.2 Å². The number of rotatable bonds is 6. The van der Waals surface area contributed by atoms with Crippen molar-refractivity contribution in [3.8, 4) is 5.75 Å². The van der Waals surface area contributed by atoms with Crippen molar-refractivity contribution in [2.24, 2.45) is 0 Å². The Balaban J connectivity index is 2.07. The van der Waals surface area contributed by atoms with Crippen LogP contribution >= 0.6 is 0 Å². The number of benzene rings is 2. The molecular weight excluding hydrogens is 268 g/mol. The lowest BCUT2D eigenvalue weighted by Gasteiger charge is -2.12. The van der Waals surface area contributed by atoms with Gasteiger partial charge in [-0.3, -0.25) is 0 Å². The molecule has 5 heteroatoms. The number of nitrogens with one attached hydrogen (secondary N) is 1. The minimum Gasteiger partial charge on any atom is -0.496 e. The molecule has 2 aromatic rings. The van der Waals surface area contributed by atoms with Gasteiger partial charge in [0.2, 0.25) is 0 Å². The van der Waals surface area contributed by atoms with E-state index >= 15 is 0 Å². The van der Waals surface area contributed by atoms with E-state index in [1.165, 1.54) is 6.07 Å². The largest absolute Gasteiger partial charge is 0.496 e. The van der Waals surface area contributed by atoms with E-state index in [-0.39, 0.29) is 5.56 Å². The molecule has 0 aliphatic rings. The molecule has 0 unspecified atom stereocenters. The third-order valence-electron chi connectivity index (χ3n) is 3.18. The van der Waals surface area contributed by atoms with Crippen molar-refractivity contribution in [2.45, 2.75) is 6.42 Å². The number of carboxylic acid groups (broad SMARTS) is 1. The number of carboxylic acids is 1. The van der Waals surface area contributed by atoms with Crippen molar-refractivity contribution in [2.75, 3.05) is 24.7 Å². The van der Waals surface area contributed by atoms with Crippen LogP contribution in [0.25, 0.3) is 0 Å². The Morgan fingerprint density at radius 2 is 2.05 bits per heavy atom. The number of nitrogens with two attached hydrogens (primary N) is 1. The van der Waals surface area contributed by atoms with Crippen molar-refractivity contribution in [3.63, 3.8) is 0 Å². The number of methoxy groups -OCH3 is 1. The number of aromatic carboxylic acids is 1. The maximum absolute atomic E-state index is 11.2. The Morgan fingerprint density at radius 1 is 1.29 bits per heavy atom. The minimum absolute atomic E-state index is 0.212. The topological polar surface area (TPSA) is 84.6 Å². The van der Waals surface area contributed by atoms with Crippen molar-refractivity contribution in [1.29, 1.82) is 0 Å². The Hall–Kier alpha value is -2.69. The van der Waals surface area contributed by atoms with Crippen molar-refractivity contribution in [1.82, 2.24) is 0 Å². The highest BCUT2D eigenvalue weighted by Crippen LogP contribution is 2.21. The molecular formula is C16H18N2O3. The number of nitrogen functional groups attached to an aromatic ring is 1. The molecule has 0 radical (unpaired) electrons. The summed E-state index contributed by atoms with van der Waals surface area (Å²) in [5.74, 6) is -0.153. The number of ether oxygens (including phenoxy) is 1. The molecule has 0 heterocycles. The first-order valence-corrected chi connectivity index (χ1v) is 6.60. The van der Waals surface area contributed by atoms with E-state index in [0.29, 0.717) is 17.9 Å². The number of para-hydroxylation sites is 1. The van der Waals surface area contributed by atoms with Crippen LogP contribution in [-0.2, 0) is 6.42 Å². The van der Waals surface area contributed by atoms with Gasteiger partial charge in [-0.15, -0.1) is 0 Å². The van der Waals surface area contributed by atoms with Gasteiger partial charge in [0.25, 0.3) is 0 Å². The lowest BCUT2D eigenvalue weighted by Crippen LogP contribution is -2.10. The third kappa shape index (κ3) is 3.66. The lowest BCUT2D eigenvalue weighted by molar-refractivity contribution is 0.0698. The summed E-state index contributed by atoms with van der Waals surface area (Å²) in [6.45, 7) is 0.587. The zero-order chi connectivity index (χ0) is 15.2. The van der Waals surface area contributed by atoms with Crippen LogP contribution in [0.4, 0.5) is 11.4 Å². The van der Waals surface area contributed by atoms with Crippen LogP contribution in [0.5, 0.6) is 5.75 Å². The molecule has 0 saturated heterocycles. The summed E-state index contributed by atoms with van der Waals surface area (Å²) in [7, 11) is 1.63. The van der Waals surface area contributed by atoms with E-state index in [1.807, 2.05) is 24.3 Å². The molecule has 0 amide bonds. The molecule has 110 valence electrons. The van der Waals surface area contributed by atoms with Gasteiger partial charge in [-0.2, -0.15) is 0 Å². The van der Waals surface area contributed by atoms with Gasteiger partial charge < -0.3 is 20.9 Å². The van der Waals surface area contributed by atoms with Crippen LogP contribution in [0.15, 0.2) is 42.5 Å². The quantitative estimate of drug-likeness (QED) is 0.711. The molecule has 4 N–H and O–H groups in total. The first-order chi connectivity index (χ1) is 10.1. The Morgan fingerprint density at radius 3 is 2.76 bits per heavy atom. The molecule has 2 rings (SSSR count). The van der Waals surface area contributed by atoms with E-state index in [2.05, 4.69) is 5.32 Å².